The zero-order valence-electron chi connectivity index (χ0n) is 11.4. The Balaban J connectivity index is 1.72. The van der Waals surface area contributed by atoms with Crippen molar-refractivity contribution in [3.63, 3.8) is 0 Å². The Hall–Kier alpha value is -0.630. The smallest absolute Gasteiger partial charge is 0.261 e. The van der Waals surface area contributed by atoms with Gasteiger partial charge in [-0.1, -0.05) is 11.6 Å². The van der Waals surface area contributed by atoms with Crippen molar-refractivity contribution in [1.29, 1.82) is 0 Å². The molecule has 0 amide bonds. The molecule has 112 valence electrons. The fourth-order valence-corrected chi connectivity index (χ4v) is 4.89. The molecule has 2 aliphatic rings. The normalized spacial score (nSPS) is 27.7. The number of aromatic nitrogens is 2. The third-order valence-electron chi connectivity index (χ3n) is 4.23. The van der Waals surface area contributed by atoms with Gasteiger partial charge in [0, 0.05) is 19.1 Å². The van der Waals surface area contributed by atoms with Crippen LogP contribution in [0.5, 0.6) is 0 Å². The summed E-state index contributed by atoms with van der Waals surface area (Å²) in [6, 6.07) is 0.507. The van der Waals surface area contributed by atoms with Gasteiger partial charge in [-0.2, -0.15) is 0 Å². The molecule has 1 aromatic heterocycles. The highest BCUT2D eigenvalue weighted by atomic mass is 35.5. The second-order valence-electron chi connectivity index (χ2n) is 5.63. The number of piperidine rings is 1. The predicted molar refractivity (Wildman–Crippen MR) is 76.2 cm³/mol. The van der Waals surface area contributed by atoms with Crippen LogP contribution in [-0.2, 0) is 17.1 Å². The van der Waals surface area contributed by atoms with E-state index in [2.05, 4.69) is 14.6 Å². The van der Waals surface area contributed by atoms with Crippen LogP contribution in [0, 0.1) is 0 Å². The molecule has 2 fully saturated rings. The first-order chi connectivity index (χ1) is 9.47. The summed E-state index contributed by atoms with van der Waals surface area (Å²) in [4.78, 5) is 6.35. The number of aryl methyl sites for hydroxylation is 1. The lowest BCUT2D eigenvalue weighted by Crippen LogP contribution is -2.47. The molecule has 0 aliphatic carbocycles. The number of imidazole rings is 1. The maximum absolute atomic E-state index is 12.3. The van der Waals surface area contributed by atoms with Crippen molar-refractivity contribution in [2.75, 3.05) is 13.1 Å². The minimum Gasteiger partial charge on any atom is -0.324 e. The first-order valence-corrected chi connectivity index (χ1v) is 8.76. The molecule has 2 atom stereocenters. The fourth-order valence-electron chi connectivity index (χ4n) is 3.18. The molecule has 3 rings (SSSR count). The molecule has 0 aromatic carbocycles. The third-order valence-corrected chi connectivity index (χ3v) is 6.24. The van der Waals surface area contributed by atoms with Crippen molar-refractivity contribution in [3.8, 4) is 0 Å². The summed E-state index contributed by atoms with van der Waals surface area (Å²) >= 11 is 5.97. The molecule has 0 saturated carbocycles. The Bertz CT molecular complexity index is 601. The number of nitrogens with zero attached hydrogens (tertiary/aromatic N) is 3. The number of hydrogen-bond donors (Lipinski definition) is 1. The highest BCUT2D eigenvalue weighted by Gasteiger charge is 2.34. The SMILES string of the molecule is Cn1cnc(S(=O)(=O)NC2CCN3CCCC3C2)c1Cl. The van der Waals surface area contributed by atoms with E-state index in [1.807, 2.05) is 0 Å². The second-order valence-corrected chi connectivity index (χ2v) is 7.61. The molecule has 1 aromatic rings. The quantitative estimate of drug-likeness (QED) is 0.902. The zero-order chi connectivity index (χ0) is 14.3. The van der Waals surface area contributed by atoms with E-state index in [1.165, 1.54) is 23.7 Å². The number of sulfonamides is 1. The number of fused-ring (bicyclic) bond motifs is 1. The van der Waals surface area contributed by atoms with Crippen molar-refractivity contribution in [1.82, 2.24) is 19.2 Å². The molecule has 6 nitrogen and oxygen atoms in total. The highest BCUT2D eigenvalue weighted by Crippen LogP contribution is 2.28. The Morgan fingerprint density at radius 2 is 2.20 bits per heavy atom. The summed E-state index contributed by atoms with van der Waals surface area (Å²) in [7, 11) is -1.96. The van der Waals surface area contributed by atoms with Crippen LogP contribution < -0.4 is 4.72 Å². The Morgan fingerprint density at radius 3 is 2.90 bits per heavy atom. The van der Waals surface area contributed by atoms with Crippen LogP contribution in [-0.4, -0.2) is 48.0 Å². The summed E-state index contributed by atoms with van der Waals surface area (Å²) in [6.07, 6.45) is 5.53. The average Bonchev–Trinajstić information content (AvgIpc) is 2.97. The van der Waals surface area contributed by atoms with E-state index < -0.39 is 10.0 Å². The average molecular weight is 319 g/mol. The van der Waals surface area contributed by atoms with Crippen LogP contribution in [0.1, 0.15) is 25.7 Å². The maximum Gasteiger partial charge on any atom is 0.261 e. The van der Waals surface area contributed by atoms with Gasteiger partial charge in [0.25, 0.3) is 10.0 Å². The molecule has 0 radical (unpaired) electrons. The number of rotatable bonds is 3. The van der Waals surface area contributed by atoms with Crippen LogP contribution in [0.4, 0.5) is 0 Å². The van der Waals surface area contributed by atoms with E-state index in [1.54, 1.807) is 7.05 Å². The predicted octanol–water partition coefficient (Wildman–Crippen LogP) is 0.979. The molecule has 8 heteroatoms. The van der Waals surface area contributed by atoms with Gasteiger partial charge in [-0.3, -0.25) is 0 Å². The Morgan fingerprint density at radius 1 is 1.40 bits per heavy atom. The maximum atomic E-state index is 12.3. The van der Waals surface area contributed by atoms with Crippen molar-refractivity contribution in [2.45, 2.75) is 42.8 Å². The lowest BCUT2D eigenvalue weighted by molar-refractivity contribution is 0.176. The molecule has 3 heterocycles. The van der Waals surface area contributed by atoms with Gasteiger partial charge in [-0.05, 0) is 38.8 Å². The van der Waals surface area contributed by atoms with Gasteiger partial charge < -0.3 is 9.47 Å². The van der Waals surface area contributed by atoms with E-state index in [0.717, 1.165) is 25.9 Å². The molecule has 2 aliphatic heterocycles. The van der Waals surface area contributed by atoms with E-state index in [-0.39, 0.29) is 16.2 Å². The van der Waals surface area contributed by atoms with Gasteiger partial charge >= 0.3 is 0 Å². The van der Waals surface area contributed by atoms with Crippen LogP contribution in [0.25, 0.3) is 0 Å². The van der Waals surface area contributed by atoms with Gasteiger partial charge in [-0.15, -0.1) is 0 Å². The van der Waals surface area contributed by atoms with Crippen LogP contribution >= 0.6 is 11.6 Å². The number of hydrogen-bond acceptors (Lipinski definition) is 4. The summed E-state index contributed by atoms with van der Waals surface area (Å²) in [5.41, 5.74) is 0. The first kappa shape index (κ1) is 14.3. The van der Waals surface area contributed by atoms with Crippen LogP contribution in [0.15, 0.2) is 11.4 Å². The first-order valence-electron chi connectivity index (χ1n) is 6.90. The molecule has 1 N–H and O–H groups in total. The van der Waals surface area contributed by atoms with Crippen molar-refractivity contribution in [2.24, 2.45) is 7.05 Å². The zero-order valence-corrected chi connectivity index (χ0v) is 13.0. The molecule has 0 bridgehead atoms. The molecular weight excluding hydrogens is 300 g/mol. The minimum absolute atomic E-state index is 0.0163. The molecule has 20 heavy (non-hydrogen) atoms. The lowest BCUT2D eigenvalue weighted by atomic mass is 9.99. The Kier molecular flexibility index (Phi) is 3.79. The minimum atomic E-state index is -3.63. The summed E-state index contributed by atoms with van der Waals surface area (Å²) < 4.78 is 28.9. The summed E-state index contributed by atoms with van der Waals surface area (Å²) in [5, 5.41) is 0.0753. The van der Waals surface area contributed by atoms with Crippen molar-refractivity contribution >= 4 is 21.6 Å². The Labute approximate surface area is 124 Å². The molecule has 2 saturated heterocycles. The lowest BCUT2D eigenvalue weighted by Gasteiger charge is -2.34. The molecular formula is C12H19ClN4O2S. The van der Waals surface area contributed by atoms with E-state index >= 15 is 0 Å². The topological polar surface area (TPSA) is 67.2 Å². The molecule has 2 unspecified atom stereocenters. The largest absolute Gasteiger partial charge is 0.324 e. The van der Waals surface area contributed by atoms with E-state index in [0.29, 0.717) is 6.04 Å². The van der Waals surface area contributed by atoms with Crippen molar-refractivity contribution in [3.05, 3.63) is 11.5 Å². The highest BCUT2D eigenvalue weighted by molar-refractivity contribution is 7.89. The van der Waals surface area contributed by atoms with Gasteiger partial charge in [0.05, 0.1) is 6.33 Å². The third kappa shape index (κ3) is 2.59. The fraction of sp³-hybridized carbons (Fsp3) is 0.750. The monoisotopic (exact) mass is 318 g/mol. The standard InChI is InChI=1S/C12H19ClN4O2S/c1-16-8-14-12(11(16)13)20(18,19)15-9-4-6-17-5-2-3-10(17)7-9/h8-10,15H,2-7H2,1H3. The van der Waals surface area contributed by atoms with E-state index in [4.69, 9.17) is 11.6 Å². The number of halogens is 1. The van der Waals surface area contributed by atoms with E-state index in [9.17, 15) is 8.42 Å². The van der Waals surface area contributed by atoms with Gasteiger partial charge in [0.2, 0.25) is 5.03 Å². The van der Waals surface area contributed by atoms with Crippen LogP contribution in [0.3, 0.4) is 0 Å². The van der Waals surface area contributed by atoms with Gasteiger partial charge in [0.15, 0.2) is 0 Å². The second kappa shape index (κ2) is 5.29. The summed E-state index contributed by atoms with van der Waals surface area (Å²) in [6.45, 7) is 2.12. The number of nitrogens with one attached hydrogen (secondary N) is 1. The summed E-state index contributed by atoms with van der Waals surface area (Å²) in [5.74, 6) is 0. The molecule has 0 spiro atoms. The van der Waals surface area contributed by atoms with Gasteiger partial charge in [-0.25, -0.2) is 18.1 Å². The van der Waals surface area contributed by atoms with Crippen LogP contribution in [0.2, 0.25) is 5.15 Å². The van der Waals surface area contributed by atoms with Crippen molar-refractivity contribution < 1.29 is 8.42 Å². The van der Waals surface area contributed by atoms with Gasteiger partial charge in [0.1, 0.15) is 5.15 Å².